The quantitative estimate of drug-likeness (QED) is 0.857. The number of nitrogens with one attached hydrogen (secondary N) is 1. The van der Waals surface area contributed by atoms with Crippen LogP contribution in [0.25, 0.3) is 0 Å². The zero-order valence-corrected chi connectivity index (χ0v) is 11.9. The summed E-state index contributed by atoms with van der Waals surface area (Å²) >= 11 is 3.47. The maximum Gasteiger partial charge on any atom is 0.134 e. The number of hydrogen-bond donors (Lipinski definition) is 1. The standard InChI is InChI=1S/C12H16BrNO.ClH/c1-12(2)7-14-11(15-8-12)9-4-3-5-10(13)6-9;/h3-6,11,14H,7-8H2,1-2H3;1H. The Labute approximate surface area is 111 Å². The predicted octanol–water partition coefficient (Wildman–Crippen LogP) is 3.52. The second-order valence-corrected chi connectivity index (χ2v) is 5.71. The maximum absolute atomic E-state index is 5.80. The molecule has 1 fully saturated rings. The average Bonchev–Trinajstić information content (AvgIpc) is 2.17. The summed E-state index contributed by atoms with van der Waals surface area (Å²) in [6.07, 6.45) is 0.0375. The van der Waals surface area contributed by atoms with E-state index in [1.54, 1.807) is 0 Å². The monoisotopic (exact) mass is 305 g/mol. The lowest BCUT2D eigenvalue weighted by molar-refractivity contribution is -0.0595. The van der Waals surface area contributed by atoms with E-state index in [4.69, 9.17) is 4.74 Å². The molecule has 0 aliphatic carbocycles. The third-order valence-corrected chi connectivity index (χ3v) is 3.05. The van der Waals surface area contributed by atoms with Crippen LogP contribution in [-0.2, 0) is 4.74 Å². The molecule has 0 spiro atoms. The van der Waals surface area contributed by atoms with Crippen molar-refractivity contribution < 1.29 is 4.74 Å². The van der Waals surface area contributed by atoms with Crippen molar-refractivity contribution in [2.45, 2.75) is 20.1 Å². The largest absolute Gasteiger partial charge is 0.358 e. The van der Waals surface area contributed by atoms with Gasteiger partial charge in [-0.15, -0.1) is 12.4 Å². The second kappa shape index (κ2) is 5.50. The molecule has 0 aromatic heterocycles. The number of rotatable bonds is 1. The minimum atomic E-state index is 0. The third kappa shape index (κ3) is 3.45. The van der Waals surface area contributed by atoms with Crippen LogP contribution < -0.4 is 5.32 Å². The molecule has 2 rings (SSSR count). The molecule has 0 amide bonds. The second-order valence-electron chi connectivity index (χ2n) is 4.79. The van der Waals surface area contributed by atoms with Crippen molar-refractivity contribution in [2.24, 2.45) is 5.41 Å². The summed E-state index contributed by atoms with van der Waals surface area (Å²) in [7, 11) is 0. The van der Waals surface area contributed by atoms with Gasteiger partial charge in [-0.05, 0) is 17.7 Å². The van der Waals surface area contributed by atoms with Crippen LogP contribution in [0, 0.1) is 5.41 Å². The molecular formula is C12H17BrClNO. The van der Waals surface area contributed by atoms with Crippen LogP contribution in [-0.4, -0.2) is 13.2 Å². The minimum absolute atomic E-state index is 0. The van der Waals surface area contributed by atoms with Gasteiger partial charge in [-0.2, -0.15) is 0 Å². The van der Waals surface area contributed by atoms with Crippen LogP contribution >= 0.6 is 28.3 Å². The first kappa shape index (κ1) is 14.0. The molecule has 90 valence electrons. The summed E-state index contributed by atoms with van der Waals surface area (Å²) in [5.74, 6) is 0. The molecule has 4 heteroatoms. The van der Waals surface area contributed by atoms with E-state index in [2.05, 4.69) is 47.2 Å². The number of benzene rings is 1. The molecule has 0 bridgehead atoms. The van der Waals surface area contributed by atoms with Crippen molar-refractivity contribution in [2.75, 3.05) is 13.2 Å². The molecule has 1 saturated heterocycles. The van der Waals surface area contributed by atoms with Gasteiger partial charge >= 0.3 is 0 Å². The van der Waals surface area contributed by atoms with Gasteiger partial charge in [0.2, 0.25) is 0 Å². The van der Waals surface area contributed by atoms with Crippen molar-refractivity contribution in [3.63, 3.8) is 0 Å². The molecule has 1 aromatic carbocycles. The van der Waals surface area contributed by atoms with E-state index < -0.39 is 0 Å². The van der Waals surface area contributed by atoms with Crippen LogP contribution in [0.15, 0.2) is 28.7 Å². The van der Waals surface area contributed by atoms with E-state index in [1.165, 1.54) is 5.56 Å². The Morgan fingerprint density at radius 3 is 2.75 bits per heavy atom. The van der Waals surface area contributed by atoms with Gasteiger partial charge in [0, 0.05) is 16.4 Å². The predicted molar refractivity (Wildman–Crippen MR) is 71.9 cm³/mol. The van der Waals surface area contributed by atoms with Crippen molar-refractivity contribution >= 4 is 28.3 Å². The van der Waals surface area contributed by atoms with E-state index in [9.17, 15) is 0 Å². The number of ether oxygens (including phenoxy) is 1. The number of halogens is 2. The molecule has 16 heavy (non-hydrogen) atoms. The fraction of sp³-hybridized carbons (Fsp3) is 0.500. The van der Waals surface area contributed by atoms with Gasteiger partial charge in [-0.3, -0.25) is 5.32 Å². The van der Waals surface area contributed by atoms with E-state index >= 15 is 0 Å². The van der Waals surface area contributed by atoms with Gasteiger partial charge < -0.3 is 4.74 Å². The first-order valence-corrected chi connectivity index (χ1v) is 5.97. The molecule has 1 unspecified atom stereocenters. The molecule has 0 saturated carbocycles. The van der Waals surface area contributed by atoms with Gasteiger partial charge in [0.15, 0.2) is 0 Å². The molecule has 0 radical (unpaired) electrons. The summed E-state index contributed by atoms with van der Waals surface area (Å²) in [6, 6.07) is 8.23. The Bertz CT molecular complexity index is 347. The van der Waals surface area contributed by atoms with Crippen molar-refractivity contribution in [3.05, 3.63) is 34.3 Å². The normalized spacial score (nSPS) is 23.6. The third-order valence-electron chi connectivity index (χ3n) is 2.56. The molecule has 1 N–H and O–H groups in total. The smallest absolute Gasteiger partial charge is 0.134 e. The maximum atomic E-state index is 5.80. The molecule has 1 aliphatic heterocycles. The van der Waals surface area contributed by atoms with Crippen LogP contribution in [0.4, 0.5) is 0 Å². The Kier molecular flexibility index (Phi) is 4.80. The fourth-order valence-electron chi connectivity index (χ4n) is 1.67. The first-order chi connectivity index (χ1) is 7.07. The summed E-state index contributed by atoms with van der Waals surface area (Å²) in [6.45, 7) is 6.20. The zero-order valence-electron chi connectivity index (χ0n) is 9.50. The molecular weight excluding hydrogens is 289 g/mol. The summed E-state index contributed by atoms with van der Waals surface area (Å²) in [5, 5.41) is 3.41. The number of hydrogen-bond acceptors (Lipinski definition) is 2. The summed E-state index contributed by atoms with van der Waals surface area (Å²) < 4.78 is 6.90. The average molecular weight is 307 g/mol. The van der Waals surface area contributed by atoms with Gasteiger partial charge in [-0.25, -0.2) is 0 Å². The van der Waals surface area contributed by atoms with E-state index in [1.807, 2.05) is 12.1 Å². The van der Waals surface area contributed by atoms with Crippen LogP contribution in [0.5, 0.6) is 0 Å². The van der Waals surface area contributed by atoms with Crippen molar-refractivity contribution in [1.29, 1.82) is 0 Å². The summed E-state index contributed by atoms with van der Waals surface area (Å²) in [4.78, 5) is 0. The van der Waals surface area contributed by atoms with E-state index in [0.29, 0.717) is 0 Å². The highest BCUT2D eigenvalue weighted by atomic mass is 79.9. The first-order valence-electron chi connectivity index (χ1n) is 5.17. The Hall–Kier alpha value is -0.0900. The topological polar surface area (TPSA) is 21.3 Å². The van der Waals surface area contributed by atoms with Crippen LogP contribution in [0.3, 0.4) is 0 Å². The van der Waals surface area contributed by atoms with Crippen LogP contribution in [0.1, 0.15) is 25.6 Å². The highest BCUT2D eigenvalue weighted by molar-refractivity contribution is 9.10. The minimum Gasteiger partial charge on any atom is -0.358 e. The van der Waals surface area contributed by atoms with Gasteiger partial charge in [0.1, 0.15) is 6.23 Å². The van der Waals surface area contributed by atoms with Crippen molar-refractivity contribution in [3.8, 4) is 0 Å². The summed E-state index contributed by atoms with van der Waals surface area (Å²) in [5.41, 5.74) is 1.42. The van der Waals surface area contributed by atoms with Gasteiger partial charge in [-0.1, -0.05) is 41.9 Å². The fourth-order valence-corrected chi connectivity index (χ4v) is 2.09. The van der Waals surface area contributed by atoms with Gasteiger partial charge in [0.05, 0.1) is 6.61 Å². The van der Waals surface area contributed by atoms with Crippen LogP contribution in [0.2, 0.25) is 0 Å². The molecule has 1 atom stereocenters. The van der Waals surface area contributed by atoms with E-state index in [0.717, 1.165) is 17.6 Å². The SMILES string of the molecule is CC1(C)CNC(c2cccc(Br)c2)OC1.Cl. The van der Waals surface area contributed by atoms with E-state index in [-0.39, 0.29) is 24.0 Å². The van der Waals surface area contributed by atoms with Crippen molar-refractivity contribution in [1.82, 2.24) is 5.32 Å². The lowest BCUT2D eigenvalue weighted by Crippen LogP contribution is -2.42. The Balaban J connectivity index is 0.00000128. The van der Waals surface area contributed by atoms with Gasteiger partial charge in [0.25, 0.3) is 0 Å². The Morgan fingerprint density at radius 2 is 2.19 bits per heavy atom. The molecule has 1 heterocycles. The Morgan fingerprint density at radius 1 is 1.44 bits per heavy atom. The molecule has 2 nitrogen and oxygen atoms in total. The lowest BCUT2D eigenvalue weighted by Gasteiger charge is -2.35. The highest BCUT2D eigenvalue weighted by Crippen LogP contribution is 2.27. The highest BCUT2D eigenvalue weighted by Gasteiger charge is 2.27. The zero-order chi connectivity index (χ0) is 10.9. The lowest BCUT2D eigenvalue weighted by atomic mass is 9.93. The molecule has 1 aromatic rings. The molecule has 1 aliphatic rings.